The molecule has 190 valence electrons. The molecule has 0 unspecified atom stereocenters. The van der Waals surface area contributed by atoms with Crippen molar-refractivity contribution in [3.05, 3.63) is 41.2 Å². The van der Waals surface area contributed by atoms with Crippen molar-refractivity contribution in [3.8, 4) is 6.07 Å². The van der Waals surface area contributed by atoms with Gasteiger partial charge in [0.25, 0.3) is 0 Å². The normalized spacial score (nSPS) is 14.2. The molecule has 1 aliphatic rings. The number of piperazine rings is 1. The van der Waals surface area contributed by atoms with E-state index in [2.05, 4.69) is 20.6 Å². The average Bonchev–Trinajstić information content (AvgIpc) is 2.83. The fourth-order valence-electron chi connectivity index (χ4n) is 3.37. The summed E-state index contributed by atoms with van der Waals surface area (Å²) in [5.41, 5.74) is 0.313. The van der Waals surface area contributed by atoms with Crippen molar-refractivity contribution < 1.29 is 27.6 Å². The summed E-state index contributed by atoms with van der Waals surface area (Å²) in [6, 6.07) is 5.20. The van der Waals surface area contributed by atoms with Crippen LogP contribution in [0.5, 0.6) is 0 Å². The lowest BCUT2D eigenvalue weighted by Gasteiger charge is -2.32. The van der Waals surface area contributed by atoms with Crippen molar-refractivity contribution in [2.45, 2.75) is 12.7 Å². The fourth-order valence-corrected chi connectivity index (χ4v) is 3.37. The summed E-state index contributed by atoms with van der Waals surface area (Å²) >= 11 is 0. The highest BCUT2D eigenvalue weighted by molar-refractivity contribution is 6.00. The van der Waals surface area contributed by atoms with E-state index in [1.54, 1.807) is 17.0 Å². The topological polar surface area (TPSA) is 135 Å². The Morgan fingerprint density at radius 1 is 1.33 bits per heavy atom. The number of halogens is 3. The SMILES string of the molecule is CN1CCN(Cc2ccc(N(C)C(=O)Nc3cc(NCC(F)(F)F)c(C#N)cn3)nc2C=O)C(=O)C1. The van der Waals surface area contributed by atoms with Crippen LogP contribution in [0.4, 0.5) is 35.3 Å². The van der Waals surface area contributed by atoms with E-state index in [1.807, 2.05) is 11.9 Å². The third kappa shape index (κ3) is 6.66. The van der Waals surface area contributed by atoms with Crippen molar-refractivity contribution in [2.75, 3.05) is 55.8 Å². The van der Waals surface area contributed by atoms with Gasteiger partial charge in [0.05, 0.1) is 17.8 Å². The molecule has 2 aromatic heterocycles. The van der Waals surface area contributed by atoms with E-state index < -0.39 is 18.8 Å². The zero-order chi connectivity index (χ0) is 26.5. The summed E-state index contributed by atoms with van der Waals surface area (Å²) < 4.78 is 37.6. The predicted molar refractivity (Wildman–Crippen MR) is 123 cm³/mol. The first-order valence-electron chi connectivity index (χ1n) is 10.7. The van der Waals surface area contributed by atoms with E-state index in [0.717, 1.165) is 17.2 Å². The maximum absolute atomic E-state index is 12.7. The second-order valence-electron chi connectivity index (χ2n) is 8.07. The summed E-state index contributed by atoms with van der Waals surface area (Å²) in [5, 5.41) is 13.6. The highest BCUT2D eigenvalue weighted by atomic mass is 19.4. The first-order chi connectivity index (χ1) is 17.0. The highest BCUT2D eigenvalue weighted by Gasteiger charge is 2.27. The second kappa shape index (κ2) is 11.0. The van der Waals surface area contributed by atoms with Crippen LogP contribution in [0.25, 0.3) is 0 Å². The number of carbonyl (C=O) groups is 3. The molecule has 1 fully saturated rings. The molecule has 3 heterocycles. The number of hydrogen-bond donors (Lipinski definition) is 2. The predicted octanol–water partition coefficient (Wildman–Crippen LogP) is 2.08. The van der Waals surface area contributed by atoms with Crippen molar-refractivity contribution in [2.24, 2.45) is 0 Å². The van der Waals surface area contributed by atoms with E-state index in [9.17, 15) is 27.6 Å². The van der Waals surface area contributed by atoms with Crippen LogP contribution in [0.15, 0.2) is 24.4 Å². The van der Waals surface area contributed by atoms with E-state index in [-0.39, 0.29) is 47.6 Å². The maximum Gasteiger partial charge on any atom is 0.405 e. The number of amides is 3. The number of urea groups is 1. The molecule has 11 nitrogen and oxygen atoms in total. The third-order valence-corrected chi connectivity index (χ3v) is 5.37. The number of aromatic nitrogens is 2. The van der Waals surface area contributed by atoms with Gasteiger partial charge in [-0.15, -0.1) is 0 Å². The summed E-state index contributed by atoms with van der Waals surface area (Å²) in [4.78, 5) is 49.3. The average molecular weight is 504 g/mol. The van der Waals surface area contributed by atoms with Gasteiger partial charge in [-0.2, -0.15) is 18.4 Å². The van der Waals surface area contributed by atoms with Gasteiger partial charge < -0.3 is 10.2 Å². The molecule has 0 aliphatic carbocycles. The number of aldehydes is 1. The molecular weight excluding hydrogens is 481 g/mol. The molecule has 36 heavy (non-hydrogen) atoms. The number of carbonyl (C=O) groups excluding carboxylic acids is 3. The van der Waals surface area contributed by atoms with Gasteiger partial charge in [-0.05, 0) is 13.1 Å². The largest absolute Gasteiger partial charge is 0.405 e. The number of hydrogen-bond acceptors (Lipinski definition) is 8. The van der Waals surface area contributed by atoms with Crippen molar-refractivity contribution in [1.82, 2.24) is 19.8 Å². The van der Waals surface area contributed by atoms with Gasteiger partial charge in [0.2, 0.25) is 5.91 Å². The number of rotatable bonds is 7. The number of nitrogens with zero attached hydrogens (tertiary/aromatic N) is 6. The van der Waals surface area contributed by atoms with Gasteiger partial charge in [-0.1, -0.05) is 6.07 Å². The molecule has 1 saturated heterocycles. The quantitative estimate of drug-likeness (QED) is 0.548. The molecule has 0 atom stereocenters. The number of likely N-dealkylation sites (N-methyl/N-ethyl adjacent to an activating group) is 1. The zero-order valence-corrected chi connectivity index (χ0v) is 19.5. The van der Waals surface area contributed by atoms with Crippen LogP contribution in [0.3, 0.4) is 0 Å². The molecule has 0 aromatic carbocycles. The molecule has 0 spiro atoms. The van der Waals surface area contributed by atoms with Gasteiger partial charge in [0.15, 0.2) is 6.29 Å². The molecule has 2 N–H and O–H groups in total. The van der Waals surface area contributed by atoms with Crippen LogP contribution >= 0.6 is 0 Å². The van der Waals surface area contributed by atoms with Crippen LogP contribution in [-0.4, -0.2) is 84.4 Å². The third-order valence-electron chi connectivity index (χ3n) is 5.37. The summed E-state index contributed by atoms with van der Waals surface area (Å²) in [6.45, 7) is 0.320. The first-order valence-corrected chi connectivity index (χ1v) is 10.7. The van der Waals surface area contributed by atoms with Crippen molar-refractivity contribution >= 4 is 35.5 Å². The Bertz CT molecular complexity index is 1200. The number of pyridine rings is 2. The van der Waals surface area contributed by atoms with Crippen LogP contribution in [0.2, 0.25) is 0 Å². The number of alkyl halides is 3. The monoisotopic (exact) mass is 504 g/mol. The van der Waals surface area contributed by atoms with Crippen molar-refractivity contribution in [3.63, 3.8) is 0 Å². The number of nitrogens with one attached hydrogen (secondary N) is 2. The van der Waals surface area contributed by atoms with E-state index >= 15 is 0 Å². The zero-order valence-electron chi connectivity index (χ0n) is 19.5. The molecule has 3 rings (SSSR count). The minimum Gasteiger partial charge on any atom is -0.375 e. The Labute approximate surface area is 204 Å². The summed E-state index contributed by atoms with van der Waals surface area (Å²) in [6.07, 6.45) is -2.94. The summed E-state index contributed by atoms with van der Waals surface area (Å²) in [5.74, 6) is -0.0522. The number of anilines is 3. The summed E-state index contributed by atoms with van der Waals surface area (Å²) in [7, 11) is 3.22. The van der Waals surface area contributed by atoms with Gasteiger partial charge in [-0.3, -0.25) is 24.7 Å². The fraction of sp³-hybridized carbons (Fsp3) is 0.364. The lowest BCUT2D eigenvalue weighted by Crippen LogP contribution is -2.48. The molecule has 14 heteroatoms. The molecular formula is C22H23F3N8O3. The van der Waals surface area contributed by atoms with E-state index in [0.29, 0.717) is 24.9 Å². The highest BCUT2D eigenvalue weighted by Crippen LogP contribution is 2.22. The van der Waals surface area contributed by atoms with E-state index in [4.69, 9.17) is 5.26 Å². The molecule has 0 bridgehead atoms. The Morgan fingerprint density at radius 3 is 2.72 bits per heavy atom. The molecule has 1 aliphatic heterocycles. The molecule has 0 saturated carbocycles. The lowest BCUT2D eigenvalue weighted by molar-refractivity contribution is -0.136. The maximum atomic E-state index is 12.7. The Balaban J connectivity index is 1.72. The van der Waals surface area contributed by atoms with Gasteiger partial charge >= 0.3 is 12.2 Å². The van der Waals surface area contributed by atoms with Crippen LogP contribution in [0, 0.1) is 11.3 Å². The molecule has 0 radical (unpaired) electrons. The Hall–Kier alpha value is -4.25. The standard InChI is InChI=1S/C22H23F3N8O3/c1-31-5-6-33(20(35)11-31)10-14-3-4-19(29-17(14)12-34)32(2)21(36)30-18-7-16(15(8-26)9-27-18)28-13-22(23,24)25/h3-4,7,9,12H,5-6,10-11,13H2,1-2H3,(H2,27,28,30,36). The van der Waals surface area contributed by atoms with Gasteiger partial charge in [-0.25, -0.2) is 14.8 Å². The Morgan fingerprint density at radius 2 is 2.08 bits per heavy atom. The lowest BCUT2D eigenvalue weighted by atomic mass is 10.1. The van der Waals surface area contributed by atoms with Crippen LogP contribution in [0.1, 0.15) is 21.6 Å². The first kappa shape index (κ1) is 26.4. The minimum atomic E-state index is -4.51. The van der Waals surface area contributed by atoms with Crippen molar-refractivity contribution in [1.29, 1.82) is 5.26 Å². The van der Waals surface area contributed by atoms with E-state index in [1.165, 1.54) is 13.1 Å². The number of nitriles is 1. The Kier molecular flexibility index (Phi) is 8.05. The van der Waals surface area contributed by atoms with Gasteiger partial charge in [0, 0.05) is 44.5 Å². The van der Waals surface area contributed by atoms with Crippen LogP contribution < -0.4 is 15.5 Å². The molecule has 2 aromatic rings. The smallest absolute Gasteiger partial charge is 0.375 e. The van der Waals surface area contributed by atoms with Gasteiger partial charge in [0.1, 0.15) is 29.9 Å². The second-order valence-corrected chi connectivity index (χ2v) is 8.07. The minimum absolute atomic E-state index is 0.0639. The molecule has 3 amide bonds. The van der Waals surface area contributed by atoms with Crippen LogP contribution in [-0.2, 0) is 11.3 Å².